The molecule has 0 aliphatic rings. The number of amides is 3. The molecule has 0 aliphatic heterocycles. The van der Waals surface area contributed by atoms with Gasteiger partial charge in [0.05, 0.1) is 0 Å². The lowest BCUT2D eigenvalue weighted by atomic mass is 9.97. The van der Waals surface area contributed by atoms with Crippen LogP contribution in [0, 0.1) is 20.8 Å². The van der Waals surface area contributed by atoms with Gasteiger partial charge in [-0.3, -0.25) is 9.59 Å². The number of para-hydroxylation sites is 1. The molecule has 3 amide bonds. The summed E-state index contributed by atoms with van der Waals surface area (Å²) in [7, 11) is 1.60. The zero-order valence-electron chi connectivity index (χ0n) is 23.9. The molecule has 0 aromatic heterocycles. The van der Waals surface area contributed by atoms with Gasteiger partial charge in [0.2, 0.25) is 5.91 Å². The fourth-order valence-electron chi connectivity index (χ4n) is 4.50. The Hall–Kier alpha value is -4.13. The molecule has 206 valence electrons. The molecular formula is C32H39N3O4. The third-order valence-corrected chi connectivity index (χ3v) is 6.47. The van der Waals surface area contributed by atoms with E-state index >= 15 is 0 Å². The summed E-state index contributed by atoms with van der Waals surface area (Å²) in [5.41, 5.74) is 4.28. The van der Waals surface area contributed by atoms with E-state index in [1.807, 2.05) is 93.6 Å². The molecule has 0 aliphatic carbocycles. The maximum atomic E-state index is 14.0. The summed E-state index contributed by atoms with van der Waals surface area (Å²) in [6.45, 7) is 11.1. The SMILES string of the molecule is Cc1ccccc1C(C(=O)Nc1c(C)cccc1C)N(C)C(=O)C(Cc1ccccc1)NC(=O)OC(C)(C)C. The summed E-state index contributed by atoms with van der Waals surface area (Å²) >= 11 is 0. The van der Waals surface area contributed by atoms with E-state index < -0.39 is 29.7 Å². The van der Waals surface area contributed by atoms with E-state index in [9.17, 15) is 14.4 Å². The summed E-state index contributed by atoms with van der Waals surface area (Å²) in [6, 6.07) is 20.8. The van der Waals surface area contributed by atoms with Crippen LogP contribution in [-0.2, 0) is 20.7 Å². The van der Waals surface area contributed by atoms with E-state index in [4.69, 9.17) is 4.74 Å². The number of rotatable bonds is 8. The molecule has 0 saturated carbocycles. The van der Waals surface area contributed by atoms with E-state index in [0.717, 1.165) is 27.9 Å². The molecule has 3 aromatic carbocycles. The minimum absolute atomic E-state index is 0.238. The summed E-state index contributed by atoms with van der Waals surface area (Å²) in [5, 5.41) is 5.80. The van der Waals surface area contributed by atoms with Gasteiger partial charge in [0.25, 0.3) is 5.91 Å². The van der Waals surface area contributed by atoms with Crippen molar-refractivity contribution in [3.63, 3.8) is 0 Å². The number of carbonyl (C=O) groups is 3. The van der Waals surface area contributed by atoms with Crippen LogP contribution < -0.4 is 10.6 Å². The Labute approximate surface area is 231 Å². The van der Waals surface area contributed by atoms with Gasteiger partial charge in [-0.05, 0) is 69.4 Å². The van der Waals surface area contributed by atoms with Crippen LogP contribution >= 0.6 is 0 Å². The van der Waals surface area contributed by atoms with Crippen molar-refractivity contribution in [2.24, 2.45) is 0 Å². The minimum Gasteiger partial charge on any atom is -0.444 e. The second-order valence-corrected chi connectivity index (χ2v) is 10.9. The first-order chi connectivity index (χ1) is 18.4. The topological polar surface area (TPSA) is 87.7 Å². The number of ether oxygens (including phenoxy) is 1. The number of benzene rings is 3. The van der Waals surface area contributed by atoms with Crippen LogP contribution in [0.3, 0.4) is 0 Å². The molecule has 0 fully saturated rings. The fraction of sp³-hybridized carbons (Fsp3) is 0.344. The number of hydrogen-bond acceptors (Lipinski definition) is 4. The number of hydrogen-bond donors (Lipinski definition) is 2. The van der Waals surface area contributed by atoms with E-state index in [1.54, 1.807) is 27.8 Å². The molecule has 3 rings (SSSR count). The molecule has 2 atom stereocenters. The number of anilines is 1. The van der Waals surface area contributed by atoms with Gasteiger partial charge in [0.15, 0.2) is 0 Å². The molecule has 0 bridgehead atoms. The van der Waals surface area contributed by atoms with Crippen LogP contribution in [0.5, 0.6) is 0 Å². The Morgan fingerprint density at radius 3 is 1.97 bits per heavy atom. The van der Waals surface area contributed by atoms with Gasteiger partial charge in [0.1, 0.15) is 17.7 Å². The summed E-state index contributed by atoms with van der Waals surface area (Å²) < 4.78 is 5.45. The van der Waals surface area contributed by atoms with Crippen molar-refractivity contribution in [3.05, 3.63) is 101 Å². The van der Waals surface area contributed by atoms with Crippen molar-refractivity contribution < 1.29 is 19.1 Å². The third kappa shape index (κ3) is 7.93. The van der Waals surface area contributed by atoms with Crippen molar-refractivity contribution >= 4 is 23.6 Å². The Bertz CT molecular complexity index is 1290. The maximum absolute atomic E-state index is 14.0. The predicted molar refractivity (Wildman–Crippen MR) is 155 cm³/mol. The Morgan fingerprint density at radius 2 is 1.38 bits per heavy atom. The van der Waals surface area contributed by atoms with Crippen LogP contribution in [0.2, 0.25) is 0 Å². The molecule has 7 nitrogen and oxygen atoms in total. The third-order valence-electron chi connectivity index (χ3n) is 6.47. The summed E-state index contributed by atoms with van der Waals surface area (Å²) in [4.78, 5) is 42.1. The van der Waals surface area contributed by atoms with Crippen LogP contribution in [-0.4, -0.2) is 41.5 Å². The zero-order valence-corrected chi connectivity index (χ0v) is 23.9. The highest BCUT2D eigenvalue weighted by Gasteiger charge is 2.35. The van der Waals surface area contributed by atoms with Crippen molar-refractivity contribution in [2.45, 2.75) is 65.6 Å². The highest BCUT2D eigenvalue weighted by atomic mass is 16.6. The maximum Gasteiger partial charge on any atom is 0.408 e. The molecule has 0 saturated heterocycles. The van der Waals surface area contributed by atoms with Crippen molar-refractivity contribution in [1.82, 2.24) is 10.2 Å². The van der Waals surface area contributed by atoms with Gasteiger partial charge >= 0.3 is 6.09 Å². The predicted octanol–water partition coefficient (Wildman–Crippen LogP) is 5.89. The number of carbonyl (C=O) groups excluding carboxylic acids is 3. The molecule has 2 N–H and O–H groups in total. The lowest BCUT2D eigenvalue weighted by Crippen LogP contribution is -2.52. The fourth-order valence-corrected chi connectivity index (χ4v) is 4.50. The number of nitrogens with zero attached hydrogens (tertiary/aromatic N) is 1. The van der Waals surface area contributed by atoms with Gasteiger partial charge in [-0.25, -0.2) is 4.79 Å². The molecule has 3 aromatic rings. The van der Waals surface area contributed by atoms with Gasteiger partial charge in [-0.15, -0.1) is 0 Å². The van der Waals surface area contributed by atoms with Gasteiger partial charge < -0.3 is 20.3 Å². The van der Waals surface area contributed by atoms with Crippen molar-refractivity contribution in [3.8, 4) is 0 Å². The van der Waals surface area contributed by atoms with Gasteiger partial charge in [-0.2, -0.15) is 0 Å². The Balaban J connectivity index is 1.98. The first-order valence-electron chi connectivity index (χ1n) is 13.1. The second kappa shape index (κ2) is 12.6. The Morgan fingerprint density at radius 1 is 0.821 bits per heavy atom. The van der Waals surface area contributed by atoms with E-state index in [2.05, 4.69) is 10.6 Å². The molecule has 0 radical (unpaired) electrons. The average molecular weight is 530 g/mol. The number of aryl methyl sites for hydroxylation is 3. The molecule has 2 unspecified atom stereocenters. The number of alkyl carbamates (subject to hydrolysis) is 1. The quantitative estimate of drug-likeness (QED) is 0.381. The molecular weight excluding hydrogens is 490 g/mol. The molecule has 7 heteroatoms. The normalized spacial score (nSPS) is 12.7. The van der Waals surface area contributed by atoms with Crippen LogP contribution in [0.25, 0.3) is 0 Å². The standard InChI is InChI=1S/C32H39N3O4/c1-21-14-11-12-19-25(21)28(29(36)34-27-22(2)15-13-16-23(27)3)35(7)30(37)26(20-24-17-9-8-10-18-24)33-31(38)39-32(4,5)6/h8-19,26,28H,20H2,1-7H3,(H,33,38)(H,34,36). The van der Waals surface area contributed by atoms with Crippen LogP contribution in [0.1, 0.15) is 54.6 Å². The first-order valence-corrected chi connectivity index (χ1v) is 13.1. The lowest BCUT2D eigenvalue weighted by molar-refractivity contribution is -0.139. The first kappa shape index (κ1) is 29.4. The van der Waals surface area contributed by atoms with Crippen molar-refractivity contribution in [2.75, 3.05) is 12.4 Å². The average Bonchev–Trinajstić information content (AvgIpc) is 2.86. The number of nitrogens with one attached hydrogen (secondary N) is 2. The minimum atomic E-state index is -0.952. The van der Waals surface area contributed by atoms with E-state index in [-0.39, 0.29) is 12.3 Å². The number of likely N-dealkylation sites (N-methyl/N-ethyl adjacent to an activating group) is 1. The van der Waals surface area contributed by atoms with E-state index in [0.29, 0.717) is 5.56 Å². The highest BCUT2D eigenvalue weighted by Crippen LogP contribution is 2.28. The van der Waals surface area contributed by atoms with Crippen molar-refractivity contribution in [1.29, 1.82) is 0 Å². The van der Waals surface area contributed by atoms with Crippen LogP contribution in [0.15, 0.2) is 72.8 Å². The molecule has 0 spiro atoms. The monoisotopic (exact) mass is 529 g/mol. The molecule has 39 heavy (non-hydrogen) atoms. The Kier molecular flexibility index (Phi) is 9.51. The summed E-state index contributed by atoms with van der Waals surface area (Å²) in [5.74, 6) is -0.747. The summed E-state index contributed by atoms with van der Waals surface area (Å²) in [6.07, 6.45) is -0.458. The van der Waals surface area contributed by atoms with E-state index in [1.165, 1.54) is 4.90 Å². The lowest BCUT2D eigenvalue weighted by Gasteiger charge is -2.32. The second-order valence-electron chi connectivity index (χ2n) is 10.9. The van der Waals surface area contributed by atoms with Gasteiger partial charge in [-0.1, -0.05) is 72.8 Å². The smallest absolute Gasteiger partial charge is 0.408 e. The van der Waals surface area contributed by atoms with Gasteiger partial charge in [0, 0.05) is 19.2 Å². The largest absolute Gasteiger partial charge is 0.444 e. The molecule has 0 heterocycles. The zero-order chi connectivity index (χ0) is 28.7. The highest BCUT2D eigenvalue weighted by molar-refractivity contribution is 6.00. The van der Waals surface area contributed by atoms with Crippen LogP contribution in [0.4, 0.5) is 10.5 Å².